The molecule has 0 unspecified atom stereocenters. The van der Waals surface area contributed by atoms with Crippen molar-refractivity contribution in [2.45, 2.75) is 26.2 Å². The summed E-state index contributed by atoms with van der Waals surface area (Å²) >= 11 is 0. The molecule has 0 aliphatic heterocycles. The molecular weight excluding hydrogens is 360 g/mol. The first-order valence-electron chi connectivity index (χ1n) is 8.85. The first-order chi connectivity index (χ1) is 13.5. The number of methoxy groups -OCH3 is 1. The minimum Gasteiger partial charge on any atom is -0.469 e. The smallest absolute Gasteiger partial charge is 0.336 e. The summed E-state index contributed by atoms with van der Waals surface area (Å²) in [6.45, 7) is 1.80. The Balaban J connectivity index is 1.93. The number of carbonyl (C=O) groups is 2. The van der Waals surface area contributed by atoms with Crippen LogP contribution in [0.5, 0.6) is 5.75 Å². The van der Waals surface area contributed by atoms with Crippen molar-refractivity contribution in [3.8, 4) is 5.75 Å². The minimum absolute atomic E-state index is 0.104. The topological polar surface area (TPSA) is 82.8 Å². The Morgan fingerprint density at radius 1 is 1.04 bits per heavy atom. The van der Waals surface area contributed by atoms with Crippen molar-refractivity contribution in [2.75, 3.05) is 7.11 Å². The van der Waals surface area contributed by atoms with Crippen LogP contribution in [0.4, 0.5) is 0 Å². The van der Waals surface area contributed by atoms with Gasteiger partial charge in [0.15, 0.2) is 0 Å². The molecule has 0 saturated carbocycles. The molecule has 2 aromatic carbocycles. The third-order valence-corrected chi connectivity index (χ3v) is 4.37. The monoisotopic (exact) mass is 380 g/mol. The Kier molecular flexibility index (Phi) is 5.89. The van der Waals surface area contributed by atoms with Crippen LogP contribution >= 0.6 is 0 Å². The predicted molar refractivity (Wildman–Crippen MR) is 103 cm³/mol. The molecule has 0 atom stereocenters. The van der Waals surface area contributed by atoms with E-state index in [1.807, 2.05) is 30.3 Å². The van der Waals surface area contributed by atoms with E-state index in [9.17, 15) is 14.4 Å². The molecule has 0 saturated heterocycles. The number of rotatable bonds is 6. The number of aryl methyl sites for hydroxylation is 2. The number of esters is 2. The van der Waals surface area contributed by atoms with Crippen LogP contribution in [0.2, 0.25) is 0 Å². The fourth-order valence-electron chi connectivity index (χ4n) is 2.94. The Morgan fingerprint density at radius 3 is 2.50 bits per heavy atom. The zero-order valence-electron chi connectivity index (χ0n) is 15.7. The van der Waals surface area contributed by atoms with Gasteiger partial charge in [-0.2, -0.15) is 0 Å². The lowest BCUT2D eigenvalue weighted by Gasteiger charge is -2.12. The summed E-state index contributed by atoms with van der Waals surface area (Å²) in [6.07, 6.45) is 0.573. The van der Waals surface area contributed by atoms with Crippen LogP contribution in [0.3, 0.4) is 0 Å². The highest BCUT2D eigenvalue weighted by Crippen LogP contribution is 2.29. The third kappa shape index (κ3) is 4.65. The quantitative estimate of drug-likeness (QED) is 0.370. The van der Waals surface area contributed by atoms with Gasteiger partial charge in [0.05, 0.1) is 13.5 Å². The van der Waals surface area contributed by atoms with E-state index in [0.29, 0.717) is 17.6 Å². The van der Waals surface area contributed by atoms with E-state index in [1.54, 1.807) is 13.0 Å². The Labute approximate surface area is 161 Å². The molecule has 28 heavy (non-hydrogen) atoms. The first kappa shape index (κ1) is 19.4. The third-order valence-electron chi connectivity index (χ3n) is 4.37. The number of carbonyl (C=O) groups excluding carboxylic acids is 2. The highest BCUT2D eigenvalue weighted by molar-refractivity contribution is 5.84. The SMILES string of the molecule is COC(=O)CCc1cc2c(C)cc(=O)oc2cc1OC(=O)Cc1ccccc1. The lowest BCUT2D eigenvalue weighted by Crippen LogP contribution is -2.13. The largest absolute Gasteiger partial charge is 0.469 e. The summed E-state index contributed by atoms with van der Waals surface area (Å²) < 4.78 is 15.5. The van der Waals surface area contributed by atoms with E-state index in [0.717, 1.165) is 16.5 Å². The zero-order chi connectivity index (χ0) is 20.1. The van der Waals surface area contributed by atoms with Crippen LogP contribution in [0.25, 0.3) is 11.0 Å². The van der Waals surface area contributed by atoms with Gasteiger partial charge in [-0.15, -0.1) is 0 Å². The minimum atomic E-state index is -0.478. The number of benzene rings is 2. The van der Waals surface area contributed by atoms with Gasteiger partial charge in [0, 0.05) is 23.9 Å². The summed E-state index contributed by atoms with van der Waals surface area (Å²) in [5.41, 5.74) is 2.08. The maximum absolute atomic E-state index is 12.4. The maximum Gasteiger partial charge on any atom is 0.336 e. The van der Waals surface area contributed by atoms with Crippen molar-refractivity contribution >= 4 is 22.9 Å². The Bertz CT molecular complexity index is 1070. The van der Waals surface area contributed by atoms with E-state index >= 15 is 0 Å². The predicted octanol–water partition coefficient (Wildman–Crippen LogP) is 3.36. The summed E-state index contributed by atoms with van der Waals surface area (Å²) in [6, 6.07) is 13.9. The van der Waals surface area contributed by atoms with Crippen molar-refractivity contribution in [2.24, 2.45) is 0 Å². The molecule has 0 amide bonds. The number of hydrogen-bond acceptors (Lipinski definition) is 6. The molecule has 3 rings (SSSR count). The number of hydrogen-bond donors (Lipinski definition) is 0. The molecule has 6 nitrogen and oxygen atoms in total. The lowest BCUT2D eigenvalue weighted by molar-refractivity contribution is -0.140. The molecule has 0 aliphatic carbocycles. The molecule has 0 spiro atoms. The molecule has 1 heterocycles. The highest BCUT2D eigenvalue weighted by atomic mass is 16.5. The van der Waals surface area contributed by atoms with Crippen molar-refractivity contribution in [3.05, 3.63) is 75.6 Å². The maximum atomic E-state index is 12.4. The fourth-order valence-corrected chi connectivity index (χ4v) is 2.94. The van der Waals surface area contributed by atoms with Gasteiger partial charge in [-0.05, 0) is 36.1 Å². The zero-order valence-corrected chi connectivity index (χ0v) is 15.7. The van der Waals surface area contributed by atoms with Gasteiger partial charge < -0.3 is 13.9 Å². The number of fused-ring (bicyclic) bond motifs is 1. The second-order valence-electron chi connectivity index (χ2n) is 6.42. The van der Waals surface area contributed by atoms with Crippen LogP contribution < -0.4 is 10.4 Å². The highest BCUT2D eigenvalue weighted by Gasteiger charge is 2.15. The summed E-state index contributed by atoms with van der Waals surface area (Å²) in [5.74, 6) is -0.538. The van der Waals surface area contributed by atoms with Crippen LogP contribution in [0.15, 0.2) is 57.7 Å². The van der Waals surface area contributed by atoms with Gasteiger partial charge in [-0.25, -0.2) is 4.79 Å². The average molecular weight is 380 g/mol. The molecular formula is C22H20O6. The molecule has 0 bridgehead atoms. The summed E-state index contributed by atoms with van der Waals surface area (Å²) in [4.78, 5) is 35.6. The van der Waals surface area contributed by atoms with Crippen LogP contribution in [-0.2, 0) is 27.2 Å². The van der Waals surface area contributed by atoms with Crippen LogP contribution in [-0.4, -0.2) is 19.0 Å². The van der Waals surface area contributed by atoms with Gasteiger partial charge in [0.25, 0.3) is 0 Å². The van der Waals surface area contributed by atoms with Gasteiger partial charge in [0.2, 0.25) is 0 Å². The molecule has 6 heteroatoms. The second-order valence-corrected chi connectivity index (χ2v) is 6.42. The summed E-state index contributed by atoms with van der Waals surface area (Å²) in [7, 11) is 1.32. The molecule has 0 fully saturated rings. The van der Waals surface area contributed by atoms with Crippen molar-refractivity contribution in [1.82, 2.24) is 0 Å². The Hall–Kier alpha value is -3.41. The molecule has 0 N–H and O–H groups in total. The molecule has 0 aliphatic rings. The fraction of sp³-hybridized carbons (Fsp3) is 0.227. The van der Waals surface area contributed by atoms with Crippen LogP contribution in [0.1, 0.15) is 23.1 Å². The van der Waals surface area contributed by atoms with Crippen molar-refractivity contribution in [3.63, 3.8) is 0 Å². The van der Waals surface area contributed by atoms with Crippen LogP contribution in [0, 0.1) is 6.92 Å². The summed E-state index contributed by atoms with van der Waals surface area (Å²) in [5, 5.41) is 0.724. The first-order valence-corrected chi connectivity index (χ1v) is 8.85. The van der Waals surface area contributed by atoms with Gasteiger partial charge in [-0.1, -0.05) is 30.3 Å². The normalized spacial score (nSPS) is 10.6. The second kappa shape index (κ2) is 8.52. The molecule has 144 valence electrons. The Morgan fingerprint density at radius 2 is 1.79 bits per heavy atom. The van der Waals surface area contributed by atoms with E-state index in [-0.39, 0.29) is 24.6 Å². The van der Waals surface area contributed by atoms with E-state index in [4.69, 9.17) is 13.9 Å². The van der Waals surface area contributed by atoms with Gasteiger partial charge >= 0.3 is 17.6 Å². The van der Waals surface area contributed by atoms with E-state index in [1.165, 1.54) is 19.2 Å². The van der Waals surface area contributed by atoms with Gasteiger partial charge in [-0.3, -0.25) is 9.59 Å². The lowest BCUT2D eigenvalue weighted by atomic mass is 10.0. The van der Waals surface area contributed by atoms with Crippen molar-refractivity contribution in [1.29, 1.82) is 0 Å². The average Bonchev–Trinajstić information content (AvgIpc) is 2.66. The molecule has 3 aromatic rings. The van der Waals surface area contributed by atoms with E-state index < -0.39 is 11.6 Å². The van der Waals surface area contributed by atoms with Crippen molar-refractivity contribution < 1.29 is 23.5 Å². The van der Waals surface area contributed by atoms with Gasteiger partial charge in [0.1, 0.15) is 11.3 Å². The molecule has 0 radical (unpaired) electrons. The number of ether oxygens (including phenoxy) is 2. The van der Waals surface area contributed by atoms with E-state index in [2.05, 4.69) is 0 Å². The standard InChI is InChI=1S/C22H20O6/c1-14-10-21(24)28-19-13-18(16(12-17(14)19)8-9-20(23)26-2)27-22(25)11-15-6-4-3-5-7-15/h3-7,10,12-13H,8-9,11H2,1-2H3. The molecule has 1 aromatic heterocycles.